The van der Waals surface area contributed by atoms with Gasteiger partial charge in [0.2, 0.25) is 0 Å². The first kappa shape index (κ1) is 26.5. The van der Waals surface area contributed by atoms with Crippen molar-refractivity contribution in [2.75, 3.05) is 70.7 Å². The summed E-state index contributed by atoms with van der Waals surface area (Å²) < 4.78 is 11.3. The van der Waals surface area contributed by atoms with E-state index in [0.717, 1.165) is 71.3 Å². The number of hydrogen-bond donors (Lipinski definition) is 2. The smallest absolute Gasteiger partial charge is 0.191 e. The fraction of sp³-hybridized carbons (Fsp3) is 0.955. The number of rotatable bonds is 10. The summed E-state index contributed by atoms with van der Waals surface area (Å²) in [5.74, 6) is 4.20. The molecule has 6 nitrogen and oxygen atoms in total. The maximum absolute atomic E-state index is 5.89. The van der Waals surface area contributed by atoms with Gasteiger partial charge in [-0.05, 0) is 44.9 Å². The first-order valence-electron chi connectivity index (χ1n) is 11.8. The molecule has 0 atom stereocenters. The predicted molar refractivity (Wildman–Crippen MR) is 138 cm³/mol. The van der Waals surface area contributed by atoms with Crippen molar-refractivity contribution >= 4 is 41.7 Å². The summed E-state index contributed by atoms with van der Waals surface area (Å²) >= 11 is 2.09. The van der Waals surface area contributed by atoms with Crippen LogP contribution in [0.15, 0.2) is 4.99 Å². The van der Waals surface area contributed by atoms with Crippen molar-refractivity contribution in [2.24, 2.45) is 10.9 Å². The molecule has 2 heterocycles. The summed E-state index contributed by atoms with van der Waals surface area (Å²) in [7, 11) is 0. The second-order valence-corrected chi connectivity index (χ2v) is 9.86. The van der Waals surface area contributed by atoms with Crippen LogP contribution in [0.4, 0.5) is 0 Å². The summed E-state index contributed by atoms with van der Waals surface area (Å²) in [4.78, 5) is 7.77. The summed E-state index contributed by atoms with van der Waals surface area (Å²) in [5.41, 5.74) is 0.302. The lowest BCUT2D eigenvalue weighted by Gasteiger charge is -2.42. The minimum Gasteiger partial charge on any atom is -0.381 e. The standard InChI is InChI=1S/C22H42N4O2S.HI/c1-2-23-21(24-10-5-13-28-18-20-6-14-27-15-7-20)25-19-22(8-3-4-9-22)26-11-16-29-17-12-26;/h20H,2-19H2,1H3,(H2,23,24,25);1H. The van der Waals surface area contributed by atoms with Crippen LogP contribution in [0.2, 0.25) is 0 Å². The quantitative estimate of drug-likeness (QED) is 0.187. The number of nitrogens with one attached hydrogen (secondary N) is 2. The van der Waals surface area contributed by atoms with Crippen LogP contribution in [0.1, 0.15) is 51.9 Å². The molecule has 0 aromatic rings. The third-order valence-corrected chi connectivity index (χ3v) is 7.49. The van der Waals surface area contributed by atoms with Crippen molar-refractivity contribution in [1.29, 1.82) is 0 Å². The molecule has 3 fully saturated rings. The molecular weight excluding hydrogens is 511 g/mol. The van der Waals surface area contributed by atoms with Crippen molar-refractivity contribution in [3.05, 3.63) is 0 Å². The minimum absolute atomic E-state index is 0. The summed E-state index contributed by atoms with van der Waals surface area (Å²) in [6.07, 6.45) is 8.63. The Morgan fingerprint density at radius 3 is 2.60 bits per heavy atom. The van der Waals surface area contributed by atoms with Gasteiger partial charge in [-0.2, -0.15) is 11.8 Å². The molecule has 0 aromatic carbocycles. The van der Waals surface area contributed by atoms with E-state index in [-0.39, 0.29) is 24.0 Å². The van der Waals surface area contributed by atoms with E-state index in [1.165, 1.54) is 50.3 Å². The monoisotopic (exact) mass is 554 g/mol. The van der Waals surface area contributed by atoms with Gasteiger partial charge in [0.1, 0.15) is 0 Å². The Morgan fingerprint density at radius 2 is 1.90 bits per heavy atom. The number of nitrogens with zero attached hydrogens (tertiary/aromatic N) is 2. The molecule has 3 aliphatic rings. The molecule has 0 spiro atoms. The molecule has 2 aliphatic heterocycles. The van der Waals surface area contributed by atoms with E-state index < -0.39 is 0 Å². The van der Waals surface area contributed by atoms with Crippen molar-refractivity contribution in [1.82, 2.24) is 15.5 Å². The molecule has 2 saturated heterocycles. The van der Waals surface area contributed by atoms with E-state index in [9.17, 15) is 0 Å². The molecule has 8 heteroatoms. The molecule has 3 rings (SSSR count). The Balaban J connectivity index is 0.00000320. The van der Waals surface area contributed by atoms with Gasteiger partial charge in [0.25, 0.3) is 0 Å². The molecular formula is C22H43IN4O2S. The molecule has 1 saturated carbocycles. The molecule has 0 unspecified atom stereocenters. The number of hydrogen-bond acceptors (Lipinski definition) is 5. The zero-order valence-corrected chi connectivity index (χ0v) is 22.0. The van der Waals surface area contributed by atoms with Crippen LogP contribution in [0.25, 0.3) is 0 Å². The van der Waals surface area contributed by atoms with Gasteiger partial charge in [-0.1, -0.05) is 12.8 Å². The van der Waals surface area contributed by atoms with Crippen LogP contribution in [-0.4, -0.2) is 87.1 Å². The highest BCUT2D eigenvalue weighted by Gasteiger charge is 2.39. The maximum atomic E-state index is 5.89. The van der Waals surface area contributed by atoms with Crippen molar-refractivity contribution in [2.45, 2.75) is 57.4 Å². The van der Waals surface area contributed by atoms with E-state index in [1.807, 2.05) is 0 Å². The zero-order chi connectivity index (χ0) is 20.2. The van der Waals surface area contributed by atoms with E-state index in [4.69, 9.17) is 14.5 Å². The van der Waals surface area contributed by atoms with Crippen LogP contribution in [-0.2, 0) is 9.47 Å². The number of halogens is 1. The number of guanidine groups is 1. The number of aliphatic imine (C=N–C) groups is 1. The minimum atomic E-state index is 0. The van der Waals surface area contributed by atoms with E-state index >= 15 is 0 Å². The number of thioether (sulfide) groups is 1. The Kier molecular flexibility index (Phi) is 13.4. The summed E-state index contributed by atoms with van der Waals surface area (Å²) in [6.45, 7) is 10.8. The SMILES string of the molecule is CCNC(=NCC1(N2CCSCC2)CCCC1)NCCCOCC1CCOCC1.I. The molecule has 1 aliphatic carbocycles. The third kappa shape index (κ3) is 8.64. The van der Waals surface area contributed by atoms with Crippen LogP contribution >= 0.6 is 35.7 Å². The first-order valence-corrected chi connectivity index (χ1v) is 13.0. The van der Waals surface area contributed by atoms with E-state index in [1.54, 1.807) is 0 Å². The highest BCUT2D eigenvalue weighted by atomic mass is 127. The average molecular weight is 555 g/mol. The molecule has 2 N–H and O–H groups in total. The Bertz CT molecular complexity index is 480. The van der Waals surface area contributed by atoms with E-state index in [2.05, 4.69) is 34.2 Å². The lowest BCUT2D eigenvalue weighted by molar-refractivity contribution is 0.0203. The Labute approximate surface area is 205 Å². The normalized spacial score (nSPS) is 23.2. The number of ether oxygens (including phenoxy) is 2. The second kappa shape index (κ2) is 15.1. The highest BCUT2D eigenvalue weighted by Crippen LogP contribution is 2.37. The second-order valence-electron chi connectivity index (χ2n) is 8.64. The first-order chi connectivity index (χ1) is 14.3. The molecule has 0 amide bonds. The molecule has 0 radical (unpaired) electrons. The topological polar surface area (TPSA) is 58.1 Å². The summed E-state index contributed by atoms with van der Waals surface area (Å²) in [6, 6.07) is 0. The Hall–Kier alpha value is 0.230. The predicted octanol–water partition coefficient (Wildman–Crippen LogP) is 3.35. The van der Waals surface area contributed by atoms with Gasteiger partial charge in [-0.15, -0.1) is 24.0 Å². The lowest BCUT2D eigenvalue weighted by atomic mass is 9.95. The van der Waals surface area contributed by atoms with Gasteiger partial charge < -0.3 is 20.1 Å². The van der Waals surface area contributed by atoms with Crippen LogP contribution in [0, 0.1) is 5.92 Å². The van der Waals surface area contributed by atoms with Crippen molar-refractivity contribution in [3.8, 4) is 0 Å². The average Bonchev–Trinajstić information content (AvgIpc) is 3.26. The third-order valence-electron chi connectivity index (χ3n) is 6.54. The molecule has 176 valence electrons. The van der Waals surface area contributed by atoms with Gasteiger partial charge in [0.05, 0.1) is 6.54 Å². The van der Waals surface area contributed by atoms with Gasteiger partial charge in [0.15, 0.2) is 5.96 Å². The molecule has 0 aromatic heterocycles. The van der Waals surface area contributed by atoms with E-state index in [0.29, 0.717) is 11.5 Å². The lowest BCUT2D eigenvalue weighted by Crippen LogP contribution is -2.53. The Morgan fingerprint density at radius 1 is 1.17 bits per heavy atom. The fourth-order valence-corrected chi connectivity index (χ4v) is 5.66. The largest absolute Gasteiger partial charge is 0.381 e. The maximum Gasteiger partial charge on any atom is 0.191 e. The van der Waals surface area contributed by atoms with Crippen molar-refractivity contribution < 1.29 is 9.47 Å². The van der Waals surface area contributed by atoms with Crippen LogP contribution < -0.4 is 10.6 Å². The van der Waals surface area contributed by atoms with Gasteiger partial charge in [-0.3, -0.25) is 9.89 Å². The highest BCUT2D eigenvalue weighted by molar-refractivity contribution is 14.0. The van der Waals surface area contributed by atoms with Gasteiger partial charge >= 0.3 is 0 Å². The summed E-state index contributed by atoms with van der Waals surface area (Å²) in [5, 5.41) is 6.95. The van der Waals surface area contributed by atoms with Crippen molar-refractivity contribution in [3.63, 3.8) is 0 Å². The van der Waals surface area contributed by atoms with Gasteiger partial charge in [0, 0.05) is 69.7 Å². The van der Waals surface area contributed by atoms with Gasteiger partial charge in [-0.25, -0.2) is 0 Å². The van der Waals surface area contributed by atoms with Crippen LogP contribution in [0.3, 0.4) is 0 Å². The molecule has 30 heavy (non-hydrogen) atoms. The zero-order valence-electron chi connectivity index (χ0n) is 18.8. The molecule has 0 bridgehead atoms. The fourth-order valence-electron chi connectivity index (χ4n) is 4.76. The van der Waals surface area contributed by atoms with Crippen LogP contribution in [0.5, 0.6) is 0 Å².